The van der Waals surface area contributed by atoms with E-state index in [0.717, 1.165) is 12.2 Å². The summed E-state index contributed by atoms with van der Waals surface area (Å²) >= 11 is 1.91. The van der Waals surface area contributed by atoms with E-state index in [4.69, 9.17) is 0 Å². The van der Waals surface area contributed by atoms with Crippen LogP contribution in [0.5, 0.6) is 0 Å². The molecule has 0 bridgehead atoms. The number of methoxy groups -OCH3 is 1. The Kier molecular flexibility index (Phi) is 4.89. The second kappa shape index (κ2) is 5.72. The molecule has 1 heterocycles. The van der Waals surface area contributed by atoms with Gasteiger partial charge >= 0.3 is 5.97 Å². The summed E-state index contributed by atoms with van der Waals surface area (Å²) in [7, 11) is 1.28. The van der Waals surface area contributed by atoms with Gasteiger partial charge < -0.3 is 15.2 Å². The molecule has 1 fully saturated rings. The molecule has 0 aromatic heterocycles. The van der Waals surface area contributed by atoms with Crippen LogP contribution in [0.3, 0.4) is 0 Å². The van der Waals surface area contributed by atoms with Crippen molar-refractivity contribution >= 4 is 17.7 Å². The number of carbonyl (C=O) groups excluding carboxylic acids is 1. The summed E-state index contributed by atoms with van der Waals surface area (Å²) in [6.07, 6.45) is 2.31. The Hall–Kier alpha value is -0.260. The number of aliphatic hydroxyl groups is 1. The Morgan fingerprint density at radius 1 is 1.73 bits per heavy atom. The van der Waals surface area contributed by atoms with Crippen LogP contribution >= 0.6 is 11.8 Å². The standard InChI is InChI=1S/C10H19NO3S/c1-10(13,9(12)14-2)7-11-8-4-3-5-15-6-8/h8,11,13H,3-7H2,1-2H3. The quantitative estimate of drug-likeness (QED) is 0.688. The molecule has 0 aliphatic carbocycles. The van der Waals surface area contributed by atoms with Gasteiger partial charge in [-0.15, -0.1) is 0 Å². The van der Waals surface area contributed by atoms with Gasteiger partial charge in [0.1, 0.15) is 0 Å². The van der Waals surface area contributed by atoms with Crippen LogP contribution in [-0.2, 0) is 9.53 Å². The second-order valence-corrected chi connectivity index (χ2v) is 5.21. The summed E-state index contributed by atoms with van der Waals surface area (Å²) in [6, 6.07) is 0.403. The van der Waals surface area contributed by atoms with Crippen LogP contribution in [0.2, 0.25) is 0 Å². The summed E-state index contributed by atoms with van der Waals surface area (Å²) in [5.41, 5.74) is -1.42. The molecule has 1 aliphatic heterocycles. The normalized spacial score (nSPS) is 25.7. The van der Waals surface area contributed by atoms with Crippen molar-refractivity contribution in [2.24, 2.45) is 0 Å². The van der Waals surface area contributed by atoms with Crippen LogP contribution in [0.25, 0.3) is 0 Å². The molecule has 2 N–H and O–H groups in total. The number of esters is 1. The molecule has 0 radical (unpaired) electrons. The topological polar surface area (TPSA) is 58.6 Å². The van der Waals surface area contributed by atoms with E-state index in [1.807, 2.05) is 11.8 Å². The molecule has 1 saturated heterocycles. The van der Waals surface area contributed by atoms with Gasteiger partial charge in [0.05, 0.1) is 7.11 Å². The Morgan fingerprint density at radius 3 is 3.00 bits per heavy atom. The molecule has 0 saturated carbocycles. The van der Waals surface area contributed by atoms with E-state index in [-0.39, 0.29) is 6.54 Å². The van der Waals surface area contributed by atoms with Crippen LogP contribution in [-0.4, -0.2) is 47.9 Å². The van der Waals surface area contributed by atoms with Gasteiger partial charge in [-0.2, -0.15) is 11.8 Å². The third kappa shape index (κ3) is 4.01. The molecule has 1 rings (SSSR count). The van der Waals surface area contributed by atoms with Crippen molar-refractivity contribution in [3.63, 3.8) is 0 Å². The SMILES string of the molecule is COC(=O)C(C)(O)CNC1CCCSC1. The highest BCUT2D eigenvalue weighted by Gasteiger charge is 2.32. The summed E-state index contributed by atoms with van der Waals surface area (Å²) in [6.45, 7) is 1.73. The minimum atomic E-state index is -1.42. The summed E-state index contributed by atoms with van der Waals surface area (Å²) in [4.78, 5) is 11.2. The van der Waals surface area contributed by atoms with Gasteiger partial charge in [0, 0.05) is 18.3 Å². The number of nitrogens with one attached hydrogen (secondary N) is 1. The molecule has 0 spiro atoms. The van der Waals surface area contributed by atoms with Gasteiger partial charge in [0.25, 0.3) is 0 Å². The minimum absolute atomic E-state index is 0.255. The molecular weight excluding hydrogens is 214 g/mol. The van der Waals surface area contributed by atoms with E-state index < -0.39 is 11.6 Å². The minimum Gasteiger partial charge on any atom is -0.467 e. The maximum atomic E-state index is 11.2. The fourth-order valence-corrected chi connectivity index (χ4v) is 2.64. The van der Waals surface area contributed by atoms with Crippen LogP contribution < -0.4 is 5.32 Å². The number of rotatable bonds is 4. The molecule has 0 aromatic carbocycles. The second-order valence-electron chi connectivity index (χ2n) is 4.06. The first-order chi connectivity index (χ1) is 7.06. The van der Waals surface area contributed by atoms with Crippen molar-refractivity contribution < 1.29 is 14.6 Å². The number of carbonyl (C=O) groups is 1. The van der Waals surface area contributed by atoms with E-state index in [1.54, 1.807) is 0 Å². The van der Waals surface area contributed by atoms with Crippen LogP contribution in [0.15, 0.2) is 0 Å². The van der Waals surface area contributed by atoms with E-state index in [2.05, 4.69) is 10.1 Å². The third-order valence-electron chi connectivity index (χ3n) is 2.52. The van der Waals surface area contributed by atoms with Gasteiger partial charge in [-0.1, -0.05) is 0 Å². The first-order valence-electron chi connectivity index (χ1n) is 5.18. The Morgan fingerprint density at radius 2 is 2.47 bits per heavy atom. The van der Waals surface area contributed by atoms with E-state index in [0.29, 0.717) is 6.04 Å². The predicted molar refractivity (Wildman–Crippen MR) is 61.0 cm³/mol. The lowest BCUT2D eigenvalue weighted by molar-refractivity contribution is -0.160. The zero-order valence-electron chi connectivity index (χ0n) is 9.28. The fourth-order valence-electron chi connectivity index (χ4n) is 1.54. The van der Waals surface area contributed by atoms with Crippen LogP contribution in [0.4, 0.5) is 0 Å². The fraction of sp³-hybridized carbons (Fsp3) is 0.900. The monoisotopic (exact) mass is 233 g/mol. The molecule has 5 heteroatoms. The molecule has 0 amide bonds. The van der Waals surface area contributed by atoms with Crippen molar-refractivity contribution in [1.82, 2.24) is 5.32 Å². The van der Waals surface area contributed by atoms with Gasteiger partial charge in [0.15, 0.2) is 5.60 Å². The van der Waals surface area contributed by atoms with Gasteiger partial charge in [-0.25, -0.2) is 4.79 Å². The molecular formula is C10H19NO3S. The Labute approximate surface area is 94.8 Å². The van der Waals surface area contributed by atoms with Crippen molar-refractivity contribution in [2.45, 2.75) is 31.4 Å². The van der Waals surface area contributed by atoms with E-state index in [9.17, 15) is 9.90 Å². The third-order valence-corrected chi connectivity index (χ3v) is 3.74. The first kappa shape index (κ1) is 12.8. The van der Waals surface area contributed by atoms with Crippen molar-refractivity contribution in [3.8, 4) is 0 Å². The smallest absolute Gasteiger partial charge is 0.338 e. The predicted octanol–water partition coefficient (Wildman–Crippen LogP) is 0.396. The van der Waals surface area contributed by atoms with Crippen molar-refractivity contribution in [3.05, 3.63) is 0 Å². The maximum Gasteiger partial charge on any atom is 0.338 e. The molecule has 15 heavy (non-hydrogen) atoms. The molecule has 1 aliphatic rings. The molecule has 88 valence electrons. The van der Waals surface area contributed by atoms with Crippen LogP contribution in [0, 0.1) is 0 Å². The van der Waals surface area contributed by atoms with Crippen molar-refractivity contribution in [2.75, 3.05) is 25.2 Å². The highest BCUT2D eigenvalue weighted by atomic mass is 32.2. The number of thioether (sulfide) groups is 1. The number of hydrogen-bond acceptors (Lipinski definition) is 5. The first-order valence-corrected chi connectivity index (χ1v) is 6.33. The number of ether oxygens (including phenoxy) is 1. The maximum absolute atomic E-state index is 11.2. The average Bonchev–Trinajstić information content (AvgIpc) is 2.27. The Balaban J connectivity index is 2.31. The Bertz CT molecular complexity index is 215. The lowest BCUT2D eigenvalue weighted by Crippen LogP contribution is -2.49. The summed E-state index contributed by atoms with van der Waals surface area (Å²) in [5.74, 6) is 1.68. The zero-order valence-corrected chi connectivity index (χ0v) is 10.1. The lowest BCUT2D eigenvalue weighted by atomic mass is 10.1. The number of hydrogen-bond donors (Lipinski definition) is 2. The molecule has 2 unspecified atom stereocenters. The van der Waals surface area contributed by atoms with Gasteiger partial charge in [-0.05, 0) is 25.5 Å². The summed E-state index contributed by atoms with van der Waals surface area (Å²) < 4.78 is 4.52. The van der Waals surface area contributed by atoms with Crippen molar-refractivity contribution in [1.29, 1.82) is 0 Å². The van der Waals surface area contributed by atoms with E-state index >= 15 is 0 Å². The molecule has 4 nitrogen and oxygen atoms in total. The lowest BCUT2D eigenvalue weighted by Gasteiger charge is -2.27. The van der Waals surface area contributed by atoms with E-state index in [1.165, 1.54) is 26.2 Å². The molecule has 0 aromatic rings. The summed E-state index contributed by atoms with van der Waals surface area (Å²) in [5, 5.41) is 13.0. The van der Waals surface area contributed by atoms with Crippen LogP contribution in [0.1, 0.15) is 19.8 Å². The van der Waals surface area contributed by atoms with Gasteiger partial charge in [-0.3, -0.25) is 0 Å². The average molecular weight is 233 g/mol. The zero-order chi connectivity index (χ0) is 11.3. The largest absolute Gasteiger partial charge is 0.467 e. The molecule has 2 atom stereocenters. The highest BCUT2D eigenvalue weighted by molar-refractivity contribution is 7.99. The van der Waals surface area contributed by atoms with Gasteiger partial charge in [0.2, 0.25) is 0 Å². The highest BCUT2D eigenvalue weighted by Crippen LogP contribution is 2.17.